The molecule has 1 saturated heterocycles. The smallest absolute Gasteiger partial charge is 0.242 e. The van der Waals surface area contributed by atoms with Gasteiger partial charge in [0.25, 0.3) is 0 Å². The molecule has 0 aromatic heterocycles. The lowest BCUT2D eigenvalue weighted by Crippen LogP contribution is -2.53. The Labute approximate surface area is 403 Å². The van der Waals surface area contributed by atoms with Crippen molar-refractivity contribution in [3.63, 3.8) is 0 Å². The standard InChI is InChI=1S/C54H63N9O6/c55-25-10-28-58-34-52(67)61(31-43-19-7-16-40-13-1-4-22-46(40)43)37-49(64)59(29-11-26-56)35-53(68)63(33-45-21-9-18-42-15-3-6-24-48(42)45)39-51(66)60(30-12-27-57)36-54(69)62(38-50(58)65)32-44-20-8-17-41-14-2-5-23-47(41)44/h1-9,13-24H,10-12,25-39,55-57H2. The Bertz CT molecular complexity index is 2470. The van der Waals surface area contributed by atoms with Crippen molar-refractivity contribution < 1.29 is 28.8 Å². The van der Waals surface area contributed by atoms with Crippen molar-refractivity contribution in [2.24, 2.45) is 17.2 Å². The van der Waals surface area contributed by atoms with Crippen LogP contribution in [0.1, 0.15) is 36.0 Å². The molecule has 0 atom stereocenters. The molecule has 1 aliphatic heterocycles. The third kappa shape index (κ3) is 12.9. The Balaban J connectivity index is 1.32. The summed E-state index contributed by atoms with van der Waals surface area (Å²) in [5, 5.41) is 5.52. The number of amides is 6. The van der Waals surface area contributed by atoms with Gasteiger partial charge in [0.15, 0.2) is 0 Å². The van der Waals surface area contributed by atoms with Crippen LogP contribution in [0.3, 0.4) is 0 Å². The summed E-state index contributed by atoms with van der Waals surface area (Å²) in [4.78, 5) is 97.0. The van der Waals surface area contributed by atoms with E-state index in [9.17, 15) is 28.8 Å². The van der Waals surface area contributed by atoms with Crippen molar-refractivity contribution in [2.45, 2.75) is 38.9 Å². The van der Waals surface area contributed by atoms with E-state index in [-0.39, 0.29) is 58.9 Å². The lowest BCUT2D eigenvalue weighted by Gasteiger charge is -2.34. The highest BCUT2D eigenvalue weighted by Crippen LogP contribution is 2.24. The molecule has 6 aromatic rings. The first-order chi connectivity index (χ1) is 33.6. The fraction of sp³-hybridized carbons (Fsp3) is 0.333. The minimum atomic E-state index is -0.504. The second-order valence-electron chi connectivity index (χ2n) is 17.5. The van der Waals surface area contributed by atoms with Gasteiger partial charge in [-0.3, -0.25) is 28.8 Å². The summed E-state index contributed by atoms with van der Waals surface area (Å²) >= 11 is 0. The van der Waals surface area contributed by atoms with Crippen molar-refractivity contribution in [3.05, 3.63) is 144 Å². The largest absolute Gasteiger partial charge is 0.332 e. The van der Waals surface area contributed by atoms with Gasteiger partial charge in [0, 0.05) is 39.3 Å². The lowest BCUT2D eigenvalue weighted by molar-refractivity contribution is -0.150. The molecule has 6 amide bonds. The predicted molar refractivity (Wildman–Crippen MR) is 269 cm³/mol. The first-order valence-corrected chi connectivity index (χ1v) is 23.7. The van der Waals surface area contributed by atoms with Crippen LogP contribution in [-0.4, -0.2) is 143 Å². The van der Waals surface area contributed by atoms with Gasteiger partial charge in [-0.1, -0.05) is 127 Å². The van der Waals surface area contributed by atoms with E-state index in [0.717, 1.165) is 49.0 Å². The van der Waals surface area contributed by atoms with Gasteiger partial charge in [0.2, 0.25) is 35.4 Å². The van der Waals surface area contributed by atoms with Crippen molar-refractivity contribution in [1.29, 1.82) is 0 Å². The molecule has 6 aromatic carbocycles. The minimum Gasteiger partial charge on any atom is -0.332 e. The first-order valence-electron chi connectivity index (χ1n) is 23.7. The molecule has 6 N–H and O–H groups in total. The summed E-state index contributed by atoms with van der Waals surface area (Å²) in [6, 6.07) is 40.5. The van der Waals surface area contributed by atoms with Gasteiger partial charge >= 0.3 is 0 Å². The summed E-state index contributed by atoms with van der Waals surface area (Å²) in [5.41, 5.74) is 20.3. The Morgan fingerprint density at radius 1 is 0.304 bits per heavy atom. The molecule has 7 rings (SSSR count). The number of carbonyl (C=O) groups excluding carboxylic acids is 6. The summed E-state index contributed by atoms with van der Waals surface area (Å²) in [6.07, 6.45) is 1.10. The lowest BCUT2D eigenvalue weighted by atomic mass is 10.0. The van der Waals surface area contributed by atoms with Crippen LogP contribution in [0.25, 0.3) is 32.3 Å². The van der Waals surface area contributed by atoms with Gasteiger partial charge in [-0.05, 0) is 87.9 Å². The molecular weight excluding hydrogens is 871 g/mol. The Morgan fingerprint density at radius 2 is 0.536 bits per heavy atom. The number of nitrogens with zero attached hydrogens (tertiary/aromatic N) is 6. The zero-order chi connectivity index (χ0) is 48.7. The fourth-order valence-corrected chi connectivity index (χ4v) is 8.91. The Morgan fingerprint density at radius 3 is 0.812 bits per heavy atom. The highest BCUT2D eigenvalue weighted by atomic mass is 16.2. The maximum atomic E-state index is 14.8. The van der Waals surface area contributed by atoms with E-state index >= 15 is 0 Å². The highest BCUT2D eigenvalue weighted by Gasteiger charge is 2.32. The number of rotatable bonds is 15. The number of carbonyl (C=O) groups is 6. The van der Waals surface area contributed by atoms with Gasteiger partial charge in [-0.25, -0.2) is 0 Å². The van der Waals surface area contributed by atoms with Crippen LogP contribution in [0.2, 0.25) is 0 Å². The van der Waals surface area contributed by atoms with Crippen LogP contribution in [0.4, 0.5) is 0 Å². The Hall–Kier alpha value is -7.20. The number of fused-ring (bicyclic) bond motifs is 3. The van der Waals surface area contributed by atoms with Crippen LogP contribution in [0.5, 0.6) is 0 Å². The normalized spacial score (nSPS) is 15.5. The third-order valence-electron chi connectivity index (χ3n) is 12.7. The monoisotopic (exact) mass is 933 g/mol. The van der Waals surface area contributed by atoms with E-state index in [0.29, 0.717) is 19.3 Å². The van der Waals surface area contributed by atoms with Gasteiger partial charge < -0.3 is 46.6 Å². The minimum absolute atomic E-state index is 0.0234. The molecule has 15 heteroatoms. The van der Waals surface area contributed by atoms with Gasteiger partial charge in [0.05, 0.1) is 19.6 Å². The van der Waals surface area contributed by atoms with Crippen molar-refractivity contribution in [1.82, 2.24) is 29.4 Å². The average molecular weight is 934 g/mol. The topological polar surface area (TPSA) is 200 Å². The van der Waals surface area contributed by atoms with Crippen molar-refractivity contribution in [3.8, 4) is 0 Å². The summed E-state index contributed by atoms with van der Waals surface area (Å²) in [5.74, 6) is -3.01. The predicted octanol–water partition coefficient (Wildman–Crippen LogP) is 4.08. The van der Waals surface area contributed by atoms with Crippen LogP contribution >= 0.6 is 0 Å². The van der Waals surface area contributed by atoms with E-state index in [1.807, 2.05) is 127 Å². The zero-order valence-electron chi connectivity index (χ0n) is 39.2. The second kappa shape index (κ2) is 24.2. The van der Waals surface area contributed by atoms with Gasteiger partial charge in [-0.2, -0.15) is 0 Å². The van der Waals surface area contributed by atoms with Crippen molar-refractivity contribution in [2.75, 3.05) is 78.5 Å². The second-order valence-corrected chi connectivity index (χ2v) is 17.5. The summed E-state index contributed by atoms with van der Waals surface area (Å²) < 4.78 is 0. The SMILES string of the molecule is NCCCN1CC(=O)N(Cc2cccc3ccccc23)CC(=O)N(CCCN)CC(=O)N(Cc2cccc3ccccc23)CC(=O)N(CCCN)CC(=O)N(Cc2cccc3ccccc23)CC1=O. The number of benzene rings is 6. The van der Waals surface area contributed by atoms with E-state index < -0.39 is 74.7 Å². The number of nitrogens with two attached hydrogens (primary N) is 3. The fourth-order valence-electron chi connectivity index (χ4n) is 8.91. The zero-order valence-corrected chi connectivity index (χ0v) is 39.2. The van der Waals surface area contributed by atoms with Crippen LogP contribution in [0, 0.1) is 0 Å². The van der Waals surface area contributed by atoms with Crippen LogP contribution < -0.4 is 17.2 Å². The van der Waals surface area contributed by atoms with Crippen LogP contribution in [0.15, 0.2) is 127 Å². The van der Waals surface area contributed by atoms with E-state index in [4.69, 9.17) is 17.2 Å². The highest BCUT2D eigenvalue weighted by molar-refractivity contribution is 5.95. The van der Waals surface area contributed by atoms with Crippen molar-refractivity contribution >= 4 is 67.8 Å². The van der Waals surface area contributed by atoms with E-state index in [2.05, 4.69) is 0 Å². The molecule has 0 unspecified atom stereocenters. The average Bonchev–Trinajstić information content (AvgIpc) is 3.36. The summed E-state index contributed by atoms with van der Waals surface area (Å²) in [7, 11) is 0. The quantitative estimate of drug-likeness (QED) is 0.136. The molecule has 0 saturated carbocycles. The molecule has 0 spiro atoms. The van der Waals surface area contributed by atoms with Crippen LogP contribution in [-0.2, 0) is 48.4 Å². The number of hydrogen-bond acceptors (Lipinski definition) is 9. The molecule has 69 heavy (non-hydrogen) atoms. The third-order valence-corrected chi connectivity index (χ3v) is 12.7. The summed E-state index contributed by atoms with van der Waals surface area (Å²) in [6.45, 7) is -1.38. The molecule has 1 aliphatic rings. The first kappa shape index (κ1) is 49.7. The Kier molecular flexibility index (Phi) is 17.4. The molecule has 0 aliphatic carbocycles. The molecule has 360 valence electrons. The maximum absolute atomic E-state index is 14.8. The number of hydrogen-bond donors (Lipinski definition) is 3. The molecule has 1 heterocycles. The van der Waals surface area contributed by atoms with Gasteiger partial charge in [-0.15, -0.1) is 0 Å². The molecule has 0 bridgehead atoms. The molecular formula is C54H63N9O6. The maximum Gasteiger partial charge on any atom is 0.242 e. The van der Waals surface area contributed by atoms with Gasteiger partial charge in [0.1, 0.15) is 19.6 Å². The molecule has 15 nitrogen and oxygen atoms in total. The molecule has 1 fully saturated rings. The van der Waals surface area contributed by atoms with E-state index in [1.165, 1.54) is 29.4 Å². The molecule has 0 radical (unpaired) electrons. The van der Waals surface area contributed by atoms with E-state index in [1.54, 1.807) is 0 Å².